The van der Waals surface area contributed by atoms with Crippen molar-refractivity contribution in [1.29, 1.82) is 0 Å². The van der Waals surface area contributed by atoms with Crippen LogP contribution >= 0.6 is 0 Å². The third kappa shape index (κ3) is 11.4. The van der Waals surface area contributed by atoms with Gasteiger partial charge >= 0.3 is 0 Å². The summed E-state index contributed by atoms with van der Waals surface area (Å²) in [5.41, 5.74) is 0. The topological polar surface area (TPSA) is 56.8 Å². The van der Waals surface area contributed by atoms with Crippen LogP contribution in [0.4, 0.5) is 0 Å². The maximum absolute atomic E-state index is 11.1. The van der Waals surface area contributed by atoms with E-state index in [0.29, 0.717) is 33.0 Å². The maximum Gasteiger partial charge on any atom is 0.246 e. The molecule has 0 aromatic heterocycles. The summed E-state index contributed by atoms with van der Waals surface area (Å²) in [6.07, 6.45) is 1.02. The van der Waals surface area contributed by atoms with E-state index in [9.17, 15) is 4.79 Å². The standard InChI is InChI=1S/C11H23NO4/c1-3-6-15-8-9-16-7-5-12-11(13)10-14-4-2/h3-10H2,1-2H3,(H,12,13). The Balaban J connectivity index is 3.05. The molecule has 0 fully saturated rings. The second-order valence-corrected chi connectivity index (χ2v) is 3.21. The van der Waals surface area contributed by atoms with Gasteiger partial charge in [0.15, 0.2) is 0 Å². The van der Waals surface area contributed by atoms with Crippen molar-refractivity contribution in [3.8, 4) is 0 Å². The number of amides is 1. The molecule has 5 nitrogen and oxygen atoms in total. The first-order valence-corrected chi connectivity index (χ1v) is 5.81. The molecule has 0 aliphatic rings. The number of carbonyl (C=O) groups is 1. The van der Waals surface area contributed by atoms with E-state index in [1.807, 2.05) is 6.92 Å². The Kier molecular flexibility index (Phi) is 11.9. The summed E-state index contributed by atoms with van der Waals surface area (Å²) in [4.78, 5) is 11.1. The minimum absolute atomic E-state index is 0.104. The van der Waals surface area contributed by atoms with E-state index in [4.69, 9.17) is 14.2 Å². The van der Waals surface area contributed by atoms with E-state index in [0.717, 1.165) is 13.0 Å². The van der Waals surface area contributed by atoms with Gasteiger partial charge in [-0.25, -0.2) is 0 Å². The lowest BCUT2D eigenvalue weighted by Crippen LogP contribution is -2.30. The SMILES string of the molecule is CCCOCCOCCNC(=O)COCC. The average molecular weight is 233 g/mol. The van der Waals surface area contributed by atoms with E-state index < -0.39 is 0 Å². The van der Waals surface area contributed by atoms with Crippen molar-refractivity contribution >= 4 is 5.91 Å². The smallest absolute Gasteiger partial charge is 0.246 e. The van der Waals surface area contributed by atoms with Crippen molar-refractivity contribution in [3.63, 3.8) is 0 Å². The van der Waals surface area contributed by atoms with Crippen LogP contribution < -0.4 is 5.32 Å². The predicted octanol–water partition coefficient (Wildman–Crippen LogP) is 0.582. The molecular weight excluding hydrogens is 210 g/mol. The van der Waals surface area contributed by atoms with Gasteiger partial charge in [0.2, 0.25) is 5.91 Å². The summed E-state index contributed by atoms with van der Waals surface area (Å²) >= 11 is 0. The normalized spacial score (nSPS) is 10.4. The first-order chi connectivity index (χ1) is 7.81. The van der Waals surface area contributed by atoms with Gasteiger partial charge in [-0.2, -0.15) is 0 Å². The Bertz CT molecular complexity index is 164. The molecule has 0 aromatic rings. The van der Waals surface area contributed by atoms with Crippen molar-refractivity contribution in [2.45, 2.75) is 20.3 Å². The van der Waals surface area contributed by atoms with Crippen molar-refractivity contribution in [2.75, 3.05) is 46.2 Å². The highest BCUT2D eigenvalue weighted by atomic mass is 16.5. The Morgan fingerprint density at radius 3 is 2.31 bits per heavy atom. The summed E-state index contributed by atoms with van der Waals surface area (Å²) in [6.45, 7) is 7.57. The fourth-order valence-corrected chi connectivity index (χ4v) is 0.975. The molecule has 0 unspecified atom stereocenters. The molecule has 5 heteroatoms. The quantitative estimate of drug-likeness (QED) is 0.530. The van der Waals surface area contributed by atoms with Gasteiger partial charge in [0.05, 0.1) is 19.8 Å². The zero-order valence-corrected chi connectivity index (χ0v) is 10.3. The molecule has 16 heavy (non-hydrogen) atoms. The van der Waals surface area contributed by atoms with Crippen molar-refractivity contribution in [2.24, 2.45) is 0 Å². The molecule has 96 valence electrons. The van der Waals surface area contributed by atoms with Gasteiger partial charge in [0.1, 0.15) is 6.61 Å². The number of rotatable bonds is 11. The zero-order chi connectivity index (χ0) is 12.1. The van der Waals surface area contributed by atoms with Crippen LogP contribution in [0.15, 0.2) is 0 Å². The van der Waals surface area contributed by atoms with E-state index in [1.54, 1.807) is 0 Å². The fraction of sp³-hybridized carbons (Fsp3) is 0.909. The highest BCUT2D eigenvalue weighted by Gasteiger charge is 1.98. The van der Waals surface area contributed by atoms with Gasteiger partial charge in [-0.3, -0.25) is 4.79 Å². The van der Waals surface area contributed by atoms with Crippen LogP contribution in [0, 0.1) is 0 Å². The molecule has 0 atom stereocenters. The number of carbonyl (C=O) groups excluding carboxylic acids is 1. The third-order valence-electron chi connectivity index (χ3n) is 1.73. The van der Waals surface area contributed by atoms with E-state index >= 15 is 0 Å². The summed E-state index contributed by atoms with van der Waals surface area (Å²) in [5, 5.41) is 2.69. The minimum Gasteiger partial charge on any atom is -0.379 e. The molecule has 0 heterocycles. The highest BCUT2D eigenvalue weighted by molar-refractivity contribution is 5.77. The fourth-order valence-electron chi connectivity index (χ4n) is 0.975. The molecule has 0 saturated carbocycles. The highest BCUT2D eigenvalue weighted by Crippen LogP contribution is 1.81. The van der Waals surface area contributed by atoms with Crippen LogP contribution in [0.1, 0.15) is 20.3 Å². The van der Waals surface area contributed by atoms with Crippen LogP contribution in [0.2, 0.25) is 0 Å². The maximum atomic E-state index is 11.1. The van der Waals surface area contributed by atoms with Crippen LogP contribution in [-0.4, -0.2) is 52.1 Å². The van der Waals surface area contributed by atoms with E-state index in [1.165, 1.54) is 0 Å². The molecule has 0 aliphatic carbocycles. The summed E-state index contributed by atoms with van der Waals surface area (Å²) in [7, 11) is 0. The Labute approximate surface area is 97.4 Å². The van der Waals surface area contributed by atoms with E-state index in [2.05, 4.69) is 12.2 Å². The molecule has 0 spiro atoms. The molecule has 0 saturated heterocycles. The average Bonchev–Trinajstić information content (AvgIpc) is 2.30. The molecule has 0 aromatic carbocycles. The zero-order valence-electron chi connectivity index (χ0n) is 10.3. The molecular formula is C11H23NO4. The number of hydrogen-bond acceptors (Lipinski definition) is 4. The third-order valence-corrected chi connectivity index (χ3v) is 1.73. The summed E-state index contributed by atoms with van der Waals surface area (Å²) in [5.74, 6) is -0.104. The lowest BCUT2D eigenvalue weighted by atomic mass is 10.5. The Morgan fingerprint density at radius 2 is 1.69 bits per heavy atom. The minimum atomic E-state index is -0.104. The van der Waals surface area contributed by atoms with E-state index in [-0.39, 0.29) is 12.5 Å². The molecule has 0 aliphatic heterocycles. The number of ether oxygens (including phenoxy) is 3. The lowest BCUT2D eigenvalue weighted by molar-refractivity contribution is -0.125. The van der Waals surface area contributed by atoms with Gasteiger partial charge in [-0.15, -0.1) is 0 Å². The monoisotopic (exact) mass is 233 g/mol. The van der Waals surface area contributed by atoms with Gasteiger partial charge in [0.25, 0.3) is 0 Å². The van der Waals surface area contributed by atoms with Gasteiger partial charge in [0, 0.05) is 19.8 Å². The van der Waals surface area contributed by atoms with Gasteiger partial charge in [-0.1, -0.05) is 6.92 Å². The van der Waals surface area contributed by atoms with Crippen molar-refractivity contribution < 1.29 is 19.0 Å². The first-order valence-electron chi connectivity index (χ1n) is 5.81. The Hall–Kier alpha value is -0.650. The van der Waals surface area contributed by atoms with Gasteiger partial charge < -0.3 is 19.5 Å². The van der Waals surface area contributed by atoms with Crippen LogP contribution in [0.25, 0.3) is 0 Å². The summed E-state index contributed by atoms with van der Waals surface area (Å²) in [6, 6.07) is 0. The molecule has 1 N–H and O–H groups in total. The first kappa shape index (κ1) is 15.3. The molecule has 0 radical (unpaired) electrons. The number of nitrogens with one attached hydrogen (secondary N) is 1. The van der Waals surface area contributed by atoms with Crippen LogP contribution in [0.5, 0.6) is 0 Å². The second-order valence-electron chi connectivity index (χ2n) is 3.21. The van der Waals surface area contributed by atoms with Crippen molar-refractivity contribution in [3.05, 3.63) is 0 Å². The second kappa shape index (κ2) is 12.4. The predicted molar refractivity (Wildman–Crippen MR) is 61.4 cm³/mol. The van der Waals surface area contributed by atoms with Crippen LogP contribution in [-0.2, 0) is 19.0 Å². The molecule has 0 bridgehead atoms. The lowest BCUT2D eigenvalue weighted by Gasteiger charge is -2.06. The van der Waals surface area contributed by atoms with Gasteiger partial charge in [-0.05, 0) is 13.3 Å². The number of hydrogen-bond donors (Lipinski definition) is 1. The van der Waals surface area contributed by atoms with Crippen LogP contribution in [0.3, 0.4) is 0 Å². The summed E-state index contributed by atoms with van der Waals surface area (Å²) < 4.78 is 15.4. The molecule has 1 amide bonds. The Morgan fingerprint density at radius 1 is 1.00 bits per heavy atom. The molecule has 0 rings (SSSR count). The largest absolute Gasteiger partial charge is 0.379 e. The van der Waals surface area contributed by atoms with Crippen molar-refractivity contribution in [1.82, 2.24) is 5.32 Å².